The van der Waals surface area contributed by atoms with Crippen molar-refractivity contribution in [1.29, 1.82) is 0 Å². The van der Waals surface area contributed by atoms with E-state index in [1.54, 1.807) is 9.13 Å². The molecule has 1 aromatic heterocycles. The Kier molecular flexibility index (Phi) is 6.89. The molecule has 0 spiro atoms. The van der Waals surface area contributed by atoms with Gasteiger partial charge in [0.05, 0.1) is 11.4 Å². The third-order valence-corrected chi connectivity index (χ3v) is 7.09. The summed E-state index contributed by atoms with van der Waals surface area (Å²) in [5.74, 6) is 0. The standard InChI is InChI=1S/C31H28N4OP/c1-21-5-13-25(14-6-21)32-29-34(27-17-9-23(3)10-18-27)31(36)35(28-19-11-24(4)12-20-28)30(37-29)33-26-15-7-22(2)8-16-26/h5-20H,1-4H3/q-1. The van der Waals surface area contributed by atoms with Crippen molar-refractivity contribution in [1.82, 2.24) is 9.13 Å². The van der Waals surface area contributed by atoms with Gasteiger partial charge in [-0.15, -0.1) is 0 Å². The van der Waals surface area contributed by atoms with Crippen molar-refractivity contribution in [2.75, 3.05) is 0 Å². The second kappa shape index (κ2) is 10.4. The van der Waals surface area contributed by atoms with Crippen LogP contribution in [0.1, 0.15) is 22.3 Å². The fourth-order valence-corrected chi connectivity index (χ4v) is 5.03. The maximum Gasteiger partial charge on any atom is 0.256 e. The van der Waals surface area contributed by atoms with E-state index in [2.05, 4.69) is 0 Å². The molecular formula is C31H28N4OP-. The smallest absolute Gasteiger partial charge is 0.256 e. The van der Waals surface area contributed by atoms with Gasteiger partial charge in [-0.25, -0.2) is 4.99 Å². The maximum absolute atomic E-state index is 14.3. The number of benzene rings is 4. The van der Waals surface area contributed by atoms with Gasteiger partial charge in [0, 0.05) is 0 Å². The van der Waals surface area contributed by atoms with E-state index in [9.17, 15) is 4.79 Å². The van der Waals surface area contributed by atoms with Crippen LogP contribution < -0.4 is 10.9 Å². The Labute approximate surface area is 218 Å². The third-order valence-electron chi connectivity index (χ3n) is 6.09. The van der Waals surface area contributed by atoms with E-state index in [0.29, 0.717) is 19.0 Å². The van der Waals surface area contributed by atoms with E-state index in [4.69, 9.17) is 10.3 Å². The first-order valence-electron chi connectivity index (χ1n) is 12.2. The van der Waals surface area contributed by atoms with Gasteiger partial charge >= 0.3 is 0 Å². The zero-order valence-electron chi connectivity index (χ0n) is 21.4. The fraction of sp³-hybridized carbons (Fsp3) is 0.129. The molecule has 6 heteroatoms. The van der Waals surface area contributed by atoms with Crippen LogP contribution >= 0.6 is 8.19 Å². The quantitative estimate of drug-likeness (QED) is 0.240. The van der Waals surface area contributed by atoms with Crippen LogP contribution in [0.4, 0.5) is 16.9 Å². The summed E-state index contributed by atoms with van der Waals surface area (Å²) >= 11 is 0. The molecule has 0 aliphatic carbocycles. The van der Waals surface area contributed by atoms with E-state index < -0.39 is 0 Å². The maximum atomic E-state index is 14.3. The van der Waals surface area contributed by atoms with Gasteiger partial charge in [0.15, 0.2) is 5.22 Å². The lowest BCUT2D eigenvalue weighted by Crippen LogP contribution is -2.36. The molecule has 0 fully saturated rings. The predicted octanol–water partition coefficient (Wildman–Crippen LogP) is 8.01. The van der Waals surface area contributed by atoms with Crippen molar-refractivity contribution in [3.63, 3.8) is 0 Å². The molecule has 5 nitrogen and oxygen atoms in total. The second-order valence-electron chi connectivity index (χ2n) is 9.23. The predicted molar refractivity (Wildman–Crippen MR) is 154 cm³/mol. The highest BCUT2D eigenvalue weighted by Gasteiger charge is 2.09. The molecule has 0 amide bonds. The number of aromatic nitrogens is 2. The van der Waals surface area contributed by atoms with Gasteiger partial charge in [-0.2, -0.15) is 0 Å². The highest BCUT2D eigenvalue weighted by Crippen LogP contribution is 2.35. The molecule has 0 N–H and O–H groups in total. The number of hydrogen-bond acceptors (Lipinski definition) is 2. The van der Waals surface area contributed by atoms with Crippen LogP contribution in [0.25, 0.3) is 16.7 Å². The Hall–Kier alpha value is -4.21. The molecule has 0 atom stereocenters. The van der Waals surface area contributed by atoms with Crippen LogP contribution in [0, 0.1) is 27.7 Å². The van der Waals surface area contributed by atoms with Crippen LogP contribution in [-0.2, 0) is 0 Å². The van der Waals surface area contributed by atoms with E-state index in [0.717, 1.165) is 45.0 Å². The Morgan fingerprint density at radius 2 is 1.03 bits per heavy atom. The van der Waals surface area contributed by atoms with Gasteiger partial charge in [-0.1, -0.05) is 95.1 Å². The van der Waals surface area contributed by atoms with E-state index >= 15 is 0 Å². The van der Waals surface area contributed by atoms with Crippen LogP contribution in [-0.4, -0.2) is 9.13 Å². The summed E-state index contributed by atoms with van der Waals surface area (Å²) in [4.78, 5) is 19.2. The average Bonchev–Trinajstić information content (AvgIpc) is 2.89. The molecule has 37 heavy (non-hydrogen) atoms. The van der Waals surface area contributed by atoms with E-state index in [1.165, 1.54) is 0 Å². The summed E-state index contributed by atoms with van der Waals surface area (Å²) in [6.07, 6.45) is 0. The van der Waals surface area contributed by atoms with Crippen molar-refractivity contribution < 1.29 is 0 Å². The summed E-state index contributed by atoms with van der Waals surface area (Å²) in [7, 11) is 0.716. The van der Waals surface area contributed by atoms with Crippen molar-refractivity contribution in [2.24, 2.45) is 4.99 Å². The summed E-state index contributed by atoms with van der Waals surface area (Å²) in [6, 6.07) is 31.9. The first-order chi connectivity index (χ1) is 17.9. The topological polar surface area (TPSA) is 53.4 Å². The average molecular weight is 504 g/mol. The first kappa shape index (κ1) is 24.5. The van der Waals surface area contributed by atoms with Gasteiger partial charge < -0.3 is 9.88 Å². The molecule has 0 bridgehead atoms. The lowest BCUT2D eigenvalue weighted by molar-refractivity contribution is 0.827. The molecule has 184 valence electrons. The van der Waals surface area contributed by atoms with Crippen LogP contribution in [0.3, 0.4) is 0 Å². The molecule has 5 aromatic rings. The van der Waals surface area contributed by atoms with Gasteiger partial charge in [-0.3, -0.25) is 9.36 Å². The minimum Gasteiger partial charge on any atom is -0.432 e. The molecule has 0 aliphatic heterocycles. The Morgan fingerprint density at radius 1 is 0.595 bits per heavy atom. The van der Waals surface area contributed by atoms with E-state index in [-0.39, 0.29) is 5.69 Å². The van der Waals surface area contributed by atoms with Gasteiger partial charge in [0.1, 0.15) is 0 Å². The summed E-state index contributed by atoms with van der Waals surface area (Å²) in [6.45, 7) is 8.16. The molecule has 0 aliphatic rings. The SMILES string of the molecule is Cc1ccc(N=c2pc([N-]c3ccc(C)cc3)n(-c3ccc(C)cc3)c(=O)n2-c2ccc(C)cc2)cc1. The van der Waals surface area contributed by atoms with Crippen molar-refractivity contribution in [2.45, 2.75) is 27.7 Å². The van der Waals surface area contributed by atoms with Crippen molar-refractivity contribution in [3.8, 4) is 11.4 Å². The molecule has 1 heterocycles. The van der Waals surface area contributed by atoms with E-state index in [1.807, 2.05) is 125 Å². The lowest BCUT2D eigenvalue weighted by Gasteiger charge is -2.26. The van der Waals surface area contributed by atoms with Crippen molar-refractivity contribution >= 4 is 25.1 Å². The number of rotatable bonds is 5. The number of aryl methyl sites for hydroxylation is 4. The van der Waals surface area contributed by atoms with Crippen LogP contribution in [0.2, 0.25) is 0 Å². The molecular weight excluding hydrogens is 475 g/mol. The zero-order valence-corrected chi connectivity index (χ0v) is 22.3. The Balaban J connectivity index is 1.82. The van der Waals surface area contributed by atoms with Crippen molar-refractivity contribution in [3.05, 3.63) is 140 Å². The zero-order chi connectivity index (χ0) is 25.9. The second-order valence-corrected chi connectivity index (χ2v) is 10.3. The lowest BCUT2D eigenvalue weighted by atomic mass is 10.2. The molecule has 5 rings (SSSR count). The first-order valence-corrected chi connectivity index (χ1v) is 13.1. The number of hydrogen-bond donors (Lipinski definition) is 0. The number of nitrogens with zero attached hydrogens (tertiary/aromatic N) is 4. The molecule has 0 unspecified atom stereocenters. The minimum atomic E-state index is -0.219. The Bertz CT molecular complexity index is 1660. The molecule has 0 saturated carbocycles. The highest BCUT2D eigenvalue weighted by molar-refractivity contribution is 7.33. The summed E-state index contributed by atoms with van der Waals surface area (Å²) in [5.41, 5.74) is 8.05. The van der Waals surface area contributed by atoms with Gasteiger partial charge in [0.2, 0.25) is 0 Å². The largest absolute Gasteiger partial charge is 0.432 e. The molecule has 4 aromatic carbocycles. The summed E-state index contributed by atoms with van der Waals surface area (Å²) < 4.78 is 3.38. The normalized spacial score (nSPS) is 11.7. The van der Waals surface area contributed by atoms with Crippen LogP contribution in [0.15, 0.2) is 107 Å². The van der Waals surface area contributed by atoms with Crippen LogP contribution in [0.5, 0.6) is 0 Å². The fourth-order valence-electron chi connectivity index (χ4n) is 3.92. The summed E-state index contributed by atoms with van der Waals surface area (Å²) in [5, 5.41) is 5.54. The molecule has 0 saturated heterocycles. The third kappa shape index (κ3) is 5.47. The Morgan fingerprint density at radius 3 is 1.54 bits per heavy atom. The van der Waals surface area contributed by atoms with Gasteiger partial charge in [0.25, 0.3) is 5.69 Å². The van der Waals surface area contributed by atoms with Gasteiger partial charge in [-0.05, 0) is 77.1 Å². The molecule has 0 radical (unpaired) electrons. The monoisotopic (exact) mass is 503 g/mol. The minimum absolute atomic E-state index is 0.219. The highest BCUT2D eigenvalue weighted by atomic mass is 31.0.